The van der Waals surface area contributed by atoms with Gasteiger partial charge in [-0.15, -0.1) is 0 Å². The fourth-order valence-electron chi connectivity index (χ4n) is 3.61. The molecule has 0 saturated heterocycles. The summed E-state index contributed by atoms with van der Waals surface area (Å²) >= 11 is 0. The standard InChI is InChI=1S/C18H24N2O2/c1-18(2,3)16-13-10-11-14(15(13)22-19-16)20(4)17(21)12-8-6-5-7-9-12/h5-9,13-15H,10-11H2,1-4H3/t13-,14-,15-/m0/s1. The lowest BCUT2D eigenvalue weighted by Gasteiger charge is -2.28. The van der Waals surface area contributed by atoms with Crippen LogP contribution in [0.5, 0.6) is 0 Å². The molecule has 0 radical (unpaired) electrons. The summed E-state index contributed by atoms with van der Waals surface area (Å²) in [6, 6.07) is 9.53. The average Bonchev–Trinajstić information content (AvgIpc) is 3.07. The molecule has 1 amide bonds. The Morgan fingerprint density at radius 3 is 2.55 bits per heavy atom. The highest BCUT2D eigenvalue weighted by atomic mass is 16.6. The number of likely N-dealkylation sites (N-methyl/N-ethyl adjacent to an activating group) is 1. The van der Waals surface area contributed by atoms with Crippen molar-refractivity contribution in [2.45, 2.75) is 45.8 Å². The number of carbonyl (C=O) groups excluding carboxylic acids is 1. The molecule has 1 fully saturated rings. The maximum absolute atomic E-state index is 12.6. The van der Waals surface area contributed by atoms with E-state index in [1.54, 1.807) is 0 Å². The van der Waals surface area contributed by atoms with Crippen LogP contribution < -0.4 is 0 Å². The van der Waals surface area contributed by atoms with E-state index in [2.05, 4.69) is 25.9 Å². The molecule has 1 aromatic carbocycles. The van der Waals surface area contributed by atoms with E-state index < -0.39 is 0 Å². The summed E-state index contributed by atoms with van der Waals surface area (Å²) < 4.78 is 0. The summed E-state index contributed by atoms with van der Waals surface area (Å²) in [4.78, 5) is 20.2. The van der Waals surface area contributed by atoms with Gasteiger partial charge in [0.2, 0.25) is 0 Å². The first kappa shape index (κ1) is 15.1. The fraction of sp³-hybridized carbons (Fsp3) is 0.556. The Morgan fingerprint density at radius 1 is 1.23 bits per heavy atom. The number of benzene rings is 1. The van der Waals surface area contributed by atoms with Crippen molar-refractivity contribution in [2.24, 2.45) is 16.5 Å². The van der Waals surface area contributed by atoms with E-state index in [0.29, 0.717) is 5.92 Å². The van der Waals surface area contributed by atoms with Crippen molar-refractivity contribution in [3.05, 3.63) is 35.9 Å². The number of hydrogen-bond donors (Lipinski definition) is 0. The zero-order chi connectivity index (χ0) is 15.9. The van der Waals surface area contributed by atoms with Crippen LogP contribution in [0.3, 0.4) is 0 Å². The Labute approximate surface area is 132 Å². The van der Waals surface area contributed by atoms with Crippen molar-refractivity contribution in [1.29, 1.82) is 0 Å². The van der Waals surface area contributed by atoms with Crippen LogP contribution in [0.4, 0.5) is 0 Å². The number of nitrogens with zero attached hydrogens (tertiary/aromatic N) is 2. The lowest BCUT2D eigenvalue weighted by atomic mass is 9.81. The number of fused-ring (bicyclic) bond motifs is 1. The smallest absolute Gasteiger partial charge is 0.253 e. The lowest BCUT2D eigenvalue weighted by molar-refractivity contribution is 0.0180. The molecule has 3 rings (SSSR count). The lowest BCUT2D eigenvalue weighted by Crippen LogP contribution is -2.44. The molecule has 1 aromatic rings. The third-order valence-corrected chi connectivity index (χ3v) is 4.78. The quantitative estimate of drug-likeness (QED) is 0.840. The Bertz CT molecular complexity index is 589. The largest absolute Gasteiger partial charge is 0.390 e. The highest BCUT2D eigenvalue weighted by Crippen LogP contribution is 2.41. The maximum atomic E-state index is 12.6. The predicted octanol–water partition coefficient (Wildman–Crippen LogP) is 3.34. The van der Waals surface area contributed by atoms with Crippen LogP contribution in [0.25, 0.3) is 0 Å². The summed E-state index contributed by atoms with van der Waals surface area (Å²) in [7, 11) is 1.88. The van der Waals surface area contributed by atoms with E-state index in [0.717, 1.165) is 24.1 Å². The Balaban J connectivity index is 1.74. The average molecular weight is 300 g/mol. The number of carbonyl (C=O) groups is 1. The molecule has 0 aromatic heterocycles. The number of oxime groups is 1. The van der Waals surface area contributed by atoms with Gasteiger partial charge in [-0.1, -0.05) is 44.1 Å². The van der Waals surface area contributed by atoms with E-state index in [9.17, 15) is 4.79 Å². The summed E-state index contributed by atoms with van der Waals surface area (Å²) in [5, 5.41) is 4.33. The fourth-order valence-corrected chi connectivity index (χ4v) is 3.61. The number of hydrogen-bond acceptors (Lipinski definition) is 3. The first-order valence-corrected chi connectivity index (χ1v) is 7.96. The molecule has 1 saturated carbocycles. The van der Waals surface area contributed by atoms with Crippen LogP contribution in [0.15, 0.2) is 35.5 Å². The number of amides is 1. The molecule has 3 atom stereocenters. The minimum Gasteiger partial charge on any atom is -0.390 e. The van der Waals surface area contributed by atoms with Crippen molar-refractivity contribution in [1.82, 2.24) is 4.90 Å². The zero-order valence-corrected chi connectivity index (χ0v) is 13.7. The molecule has 4 heteroatoms. The van der Waals surface area contributed by atoms with Crippen molar-refractivity contribution in [2.75, 3.05) is 7.05 Å². The molecule has 0 unspecified atom stereocenters. The van der Waals surface area contributed by atoms with Crippen LogP contribution >= 0.6 is 0 Å². The molecular formula is C18H24N2O2. The van der Waals surface area contributed by atoms with Crippen LogP contribution in [-0.2, 0) is 4.84 Å². The zero-order valence-electron chi connectivity index (χ0n) is 13.7. The SMILES string of the molecule is CN(C(=O)c1ccccc1)[C@H]1CC[C@@H]2C(C(C)(C)C)=NO[C@@H]21. The summed E-state index contributed by atoms with van der Waals surface area (Å²) in [5.74, 6) is 0.398. The van der Waals surface area contributed by atoms with Gasteiger partial charge >= 0.3 is 0 Å². The van der Waals surface area contributed by atoms with Crippen LogP contribution in [0.1, 0.15) is 44.0 Å². The first-order chi connectivity index (χ1) is 10.4. The molecule has 1 aliphatic heterocycles. The van der Waals surface area contributed by atoms with Gasteiger partial charge in [-0.05, 0) is 25.0 Å². The van der Waals surface area contributed by atoms with Gasteiger partial charge in [0.1, 0.15) is 0 Å². The van der Waals surface area contributed by atoms with Crippen molar-refractivity contribution in [3.63, 3.8) is 0 Å². The van der Waals surface area contributed by atoms with E-state index in [1.807, 2.05) is 42.3 Å². The van der Waals surface area contributed by atoms with Crippen LogP contribution in [0.2, 0.25) is 0 Å². The third-order valence-electron chi connectivity index (χ3n) is 4.78. The molecule has 0 N–H and O–H groups in total. The molecule has 0 spiro atoms. The van der Waals surface area contributed by atoms with Crippen molar-refractivity contribution < 1.29 is 9.63 Å². The van der Waals surface area contributed by atoms with Crippen molar-refractivity contribution >= 4 is 11.6 Å². The molecular weight excluding hydrogens is 276 g/mol. The molecule has 1 heterocycles. The van der Waals surface area contributed by atoms with Gasteiger partial charge in [-0.25, -0.2) is 0 Å². The maximum Gasteiger partial charge on any atom is 0.253 e. The van der Waals surface area contributed by atoms with E-state index in [4.69, 9.17) is 4.84 Å². The molecule has 2 aliphatic rings. The van der Waals surface area contributed by atoms with Crippen LogP contribution in [0, 0.1) is 11.3 Å². The molecule has 0 bridgehead atoms. The molecule has 4 nitrogen and oxygen atoms in total. The molecule has 118 valence electrons. The van der Waals surface area contributed by atoms with Gasteiger partial charge in [0.05, 0.1) is 11.8 Å². The first-order valence-electron chi connectivity index (χ1n) is 7.96. The van der Waals surface area contributed by atoms with Gasteiger partial charge < -0.3 is 9.74 Å². The summed E-state index contributed by atoms with van der Waals surface area (Å²) in [5.41, 5.74) is 1.89. The van der Waals surface area contributed by atoms with E-state index in [-0.39, 0.29) is 23.5 Å². The van der Waals surface area contributed by atoms with Crippen molar-refractivity contribution in [3.8, 4) is 0 Å². The van der Waals surface area contributed by atoms with Gasteiger partial charge in [0, 0.05) is 23.9 Å². The van der Waals surface area contributed by atoms with Gasteiger partial charge in [-0.3, -0.25) is 4.79 Å². The second-order valence-electron chi connectivity index (χ2n) is 7.33. The van der Waals surface area contributed by atoms with E-state index in [1.165, 1.54) is 0 Å². The van der Waals surface area contributed by atoms with Crippen LogP contribution in [-0.4, -0.2) is 35.7 Å². The third kappa shape index (κ3) is 2.51. The van der Waals surface area contributed by atoms with E-state index >= 15 is 0 Å². The van der Waals surface area contributed by atoms with Gasteiger partial charge in [0.25, 0.3) is 5.91 Å². The predicted molar refractivity (Wildman–Crippen MR) is 86.8 cm³/mol. The normalized spacial score (nSPS) is 27.1. The Morgan fingerprint density at radius 2 is 1.91 bits per heavy atom. The second-order valence-corrected chi connectivity index (χ2v) is 7.33. The Hall–Kier alpha value is -1.84. The summed E-state index contributed by atoms with van der Waals surface area (Å²) in [6.45, 7) is 6.51. The monoisotopic (exact) mass is 300 g/mol. The minimum absolute atomic E-state index is 0.00638. The van der Waals surface area contributed by atoms with Gasteiger partial charge in [0.15, 0.2) is 6.10 Å². The Kier molecular flexibility index (Phi) is 3.71. The topological polar surface area (TPSA) is 41.9 Å². The molecule has 1 aliphatic carbocycles. The highest BCUT2D eigenvalue weighted by molar-refractivity contribution is 5.95. The molecule has 22 heavy (non-hydrogen) atoms. The summed E-state index contributed by atoms with van der Waals surface area (Å²) in [6.07, 6.45) is 2.02. The highest BCUT2D eigenvalue weighted by Gasteiger charge is 2.49. The van der Waals surface area contributed by atoms with Gasteiger partial charge in [-0.2, -0.15) is 0 Å². The number of rotatable bonds is 2. The second kappa shape index (κ2) is 5.41. The minimum atomic E-state index is 0.00638.